The fourth-order valence-electron chi connectivity index (χ4n) is 5.05. The van der Waals surface area contributed by atoms with Crippen LogP contribution in [0.3, 0.4) is 0 Å². The van der Waals surface area contributed by atoms with E-state index in [4.69, 9.17) is 9.47 Å². The monoisotopic (exact) mass is 432 g/mol. The number of rotatable bonds is 3. The van der Waals surface area contributed by atoms with Crippen molar-refractivity contribution >= 4 is 23.0 Å². The highest BCUT2D eigenvalue weighted by atomic mass is 16.6. The van der Waals surface area contributed by atoms with E-state index in [-0.39, 0.29) is 24.4 Å². The second kappa shape index (κ2) is 7.75. The molecule has 5 rings (SSSR count). The lowest BCUT2D eigenvalue weighted by Crippen LogP contribution is -2.52. The Morgan fingerprint density at radius 2 is 1.75 bits per heavy atom. The van der Waals surface area contributed by atoms with Crippen molar-refractivity contribution in [3.8, 4) is 0 Å². The molecule has 3 heterocycles. The number of esters is 1. The standard InChI is InChI=1S/C25H24N2O5/c1-26-19-11-7-6-10-16(19)17-12-21-23(28)18(24(29)31-2)13-20(22(17)26)27(21)25(30)32-14-15-8-4-3-5-9-15/h3-11,20-21,28H,12-14H2,1-2H3/t20-,21+/m0/s1. The van der Waals surface area contributed by atoms with Crippen LogP contribution in [0, 0.1) is 0 Å². The Balaban J connectivity index is 1.57. The van der Waals surface area contributed by atoms with Gasteiger partial charge < -0.3 is 19.1 Å². The lowest BCUT2D eigenvalue weighted by atomic mass is 9.82. The van der Waals surface area contributed by atoms with Crippen LogP contribution < -0.4 is 0 Å². The number of nitrogens with zero attached hydrogens (tertiary/aromatic N) is 2. The molecule has 0 aliphatic carbocycles. The van der Waals surface area contributed by atoms with Crippen molar-refractivity contribution in [3.05, 3.63) is 82.8 Å². The van der Waals surface area contributed by atoms with Crippen molar-refractivity contribution in [3.63, 3.8) is 0 Å². The fraction of sp³-hybridized carbons (Fsp3) is 0.280. The predicted octanol–water partition coefficient (Wildman–Crippen LogP) is 4.17. The van der Waals surface area contributed by atoms with Gasteiger partial charge in [-0.25, -0.2) is 9.59 Å². The van der Waals surface area contributed by atoms with Crippen molar-refractivity contribution in [1.29, 1.82) is 0 Å². The molecule has 7 heteroatoms. The number of methoxy groups -OCH3 is 1. The lowest BCUT2D eigenvalue weighted by Gasteiger charge is -2.45. The number of aliphatic hydroxyl groups excluding tert-OH is 1. The number of hydrogen-bond acceptors (Lipinski definition) is 5. The number of ether oxygens (including phenoxy) is 2. The number of carbonyl (C=O) groups is 2. The number of para-hydroxylation sites is 1. The van der Waals surface area contributed by atoms with Gasteiger partial charge in [0.2, 0.25) is 0 Å². The summed E-state index contributed by atoms with van der Waals surface area (Å²) in [5.74, 6) is -0.694. The number of fused-ring (bicyclic) bond motifs is 6. The Bertz CT molecular complexity index is 1240. The number of aliphatic hydroxyl groups is 1. The molecule has 164 valence electrons. The van der Waals surface area contributed by atoms with E-state index in [0.29, 0.717) is 6.42 Å². The number of aryl methyl sites for hydroxylation is 1. The normalized spacial score (nSPS) is 19.6. The molecule has 2 atom stereocenters. The smallest absolute Gasteiger partial charge is 0.411 e. The van der Waals surface area contributed by atoms with E-state index in [1.807, 2.05) is 55.6 Å². The third kappa shape index (κ3) is 3.04. The summed E-state index contributed by atoms with van der Waals surface area (Å²) in [5, 5.41) is 12.1. The summed E-state index contributed by atoms with van der Waals surface area (Å²) in [6.45, 7) is 0.131. The maximum atomic E-state index is 13.3. The van der Waals surface area contributed by atoms with Gasteiger partial charge in [0.1, 0.15) is 12.4 Å². The molecule has 7 nitrogen and oxygen atoms in total. The minimum Gasteiger partial charge on any atom is -0.510 e. The molecule has 0 unspecified atom stereocenters. The number of carbonyl (C=O) groups excluding carboxylic acids is 2. The van der Waals surface area contributed by atoms with Crippen LogP contribution in [0.5, 0.6) is 0 Å². The number of hydrogen-bond donors (Lipinski definition) is 1. The van der Waals surface area contributed by atoms with Gasteiger partial charge in [0.05, 0.1) is 24.8 Å². The zero-order chi connectivity index (χ0) is 22.4. The number of benzene rings is 2. The van der Waals surface area contributed by atoms with Gasteiger partial charge >= 0.3 is 12.1 Å². The fourth-order valence-corrected chi connectivity index (χ4v) is 5.05. The second-order valence-corrected chi connectivity index (χ2v) is 8.18. The highest BCUT2D eigenvalue weighted by Crippen LogP contribution is 2.47. The quantitative estimate of drug-likeness (QED) is 0.629. The average Bonchev–Trinajstić information content (AvgIpc) is 3.11. The van der Waals surface area contributed by atoms with Gasteiger partial charge in [0, 0.05) is 36.5 Å². The van der Waals surface area contributed by atoms with Crippen LogP contribution in [0.1, 0.15) is 29.3 Å². The Hall–Kier alpha value is -3.74. The topological polar surface area (TPSA) is 81.0 Å². The third-order valence-corrected chi connectivity index (χ3v) is 6.52. The third-order valence-electron chi connectivity index (χ3n) is 6.52. The maximum Gasteiger partial charge on any atom is 0.411 e. The van der Waals surface area contributed by atoms with Crippen LogP contribution in [-0.4, -0.2) is 39.8 Å². The Morgan fingerprint density at radius 3 is 2.50 bits per heavy atom. The average molecular weight is 432 g/mol. The van der Waals surface area contributed by atoms with E-state index in [1.165, 1.54) is 7.11 Å². The molecule has 0 radical (unpaired) electrons. The van der Waals surface area contributed by atoms with E-state index in [0.717, 1.165) is 27.7 Å². The van der Waals surface area contributed by atoms with Gasteiger partial charge in [0.15, 0.2) is 0 Å². The molecule has 0 spiro atoms. The maximum absolute atomic E-state index is 13.3. The molecule has 1 N–H and O–H groups in total. The van der Waals surface area contributed by atoms with Crippen molar-refractivity contribution < 1.29 is 24.2 Å². The first-order valence-corrected chi connectivity index (χ1v) is 10.6. The van der Waals surface area contributed by atoms with Crippen LogP contribution in [-0.2, 0) is 34.3 Å². The predicted molar refractivity (Wildman–Crippen MR) is 118 cm³/mol. The van der Waals surface area contributed by atoms with Crippen LogP contribution in [0.25, 0.3) is 10.9 Å². The summed E-state index contributed by atoms with van der Waals surface area (Å²) in [5.41, 5.74) is 4.17. The van der Waals surface area contributed by atoms with Gasteiger partial charge in [-0.15, -0.1) is 0 Å². The van der Waals surface area contributed by atoms with Gasteiger partial charge in [-0.05, 0) is 17.2 Å². The van der Waals surface area contributed by atoms with E-state index in [2.05, 4.69) is 10.6 Å². The Kier molecular flexibility index (Phi) is 4.89. The zero-order valence-electron chi connectivity index (χ0n) is 17.9. The van der Waals surface area contributed by atoms with Gasteiger partial charge in [0.25, 0.3) is 0 Å². The number of amides is 1. The molecule has 32 heavy (non-hydrogen) atoms. The first kappa shape index (κ1) is 20.2. The lowest BCUT2D eigenvalue weighted by molar-refractivity contribution is -0.137. The van der Waals surface area contributed by atoms with Crippen molar-refractivity contribution in [1.82, 2.24) is 9.47 Å². The second-order valence-electron chi connectivity index (χ2n) is 8.18. The highest BCUT2D eigenvalue weighted by molar-refractivity contribution is 5.91. The minimum atomic E-state index is -0.690. The summed E-state index contributed by atoms with van der Waals surface area (Å²) < 4.78 is 12.6. The van der Waals surface area contributed by atoms with Crippen molar-refractivity contribution in [2.75, 3.05) is 7.11 Å². The van der Waals surface area contributed by atoms with Crippen molar-refractivity contribution in [2.24, 2.45) is 7.05 Å². The van der Waals surface area contributed by atoms with Crippen LogP contribution in [0.15, 0.2) is 65.9 Å². The number of aromatic nitrogens is 1. The Morgan fingerprint density at radius 1 is 1.03 bits per heavy atom. The summed E-state index contributed by atoms with van der Waals surface area (Å²) >= 11 is 0. The molecule has 2 bridgehead atoms. The van der Waals surface area contributed by atoms with E-state index < -0.39 is 24.1 Å². The molecule has 2 aliphatic heterocycles. The van der Waals surface area contributed by atoms with Gasteiger partial charge in [-0.2, -0.15) is 0 Å². The SMILES string of the molecule is COC(=O)C1=C(O)[C@H]2Cc3c(n(C)c4ccccc34)[C@H](C1)N2C(=O)OCc1ccccc1. The van der Waals surface area contributed by atoms with E-state index in [1.54, 1.807) is 4.90 Å². The van der Waals surface area contributed by atoms with Crippen molar-refractivity contribution in [2.45, 2.75) is 31.5 Å². The molecular formula is C25H24N2O5. The molecule has 3 aromatic rings. The summed E-state index contributed by atoms with van der Waals surface area (Å²) in [6, 6.07) is 16.3. The largest absolute Gasteiger partial charge is 0.510 e. The highest BCUT2D eigenvalue weighted by Gasteiger charge is 2.48. The van der Waals surface area contributed by atoms with E-state index in [9.17, 15) is 14.7 Å². The van der Waals surface area contributed by atoms with Gasteiger partial charge in [-0.3, -0.25) is 4.90 Å². The summed E-state index contributed by atoms with van der Waals surface area (Å²) in [6.07, 6.45) is 0.0299. The van der Waals surface area contributed by atoms with E-state index >= 15 is 0 Å². The van der Waals surface area contributed by atoms with Crippen LogP contribution in [0.2, 0.25) is 0 Å². The molecule has 0 saturated heterocycles. The molecular weight excluding hydrogens is 408 g/mol. The summed E-state index contributed by atoms with van der Waals surface area (Å²) in [7, 11) is 3.26. The molecule has 2 aliphatic rings. The van der Waals surface area contributed by atoms with Crippen LogP contribution in [0.4, 0.5) is 4.79 Å². The molecule has 1 aromatic heterocycles. The first-order chi connectivity index (χ1) is 15.5. The minimum absolute atomic E-state index is 0.122. The van der Waals surface area contributed by atoms with Gasteiger partial charge in [-0.1, -0.05) is 48.5 Å². The molecule has 0 saturated carbocycles. The Labute approximate surface area is 185 Å². The first-order valence-electron chi connectivity index (χ1n) is 10.6. The molecule has 0 fully saturated rings. The molecule has 2 aromatic carbocycles. The molecule has 1 amide bonds. The summed E-state index contributed by atoms with van der Waals surface area (Å²) in [4.78, 5) is 27.2. The van der Waals surface area contributed by atoms with Crippen LogP contribution >= 0.6 is 0 Å². The zero-order valence-corrected chi connectivity index (χ0v) is 17.9.